The maximum Gasteiger partial charge on any atom is 0.267 e. The lowest BCUT2D eigenvalue weighted by molar-refractivity contribution is -0.112. The number of nitrogen functional groups attached to an aromatic ring is 1. The van der Waals surface area contributed by atoms with Crippen LogP contribution in [0.5, 0.6) is 0 Å². The molecule has 6 nitrogen and oxygen atoms in total. The largest absolute Gasteiger partial charge is 0.398 e. The molecule has 0 aliphatic carbocycles. The van der Waals surface area contributed by atoms with Crippen molar-refractivity contribution < 1.29 is 4.79 Å². The Labute approximate surface area is 142 Å². The van der Waals surface area contributed by atoms with E-state index < -0.39 is 5.91 Å². The summed E-state index contributed by atoms with van der Waals surface area (Å²) in [7, 11) is 0. The van der Waals surface area contributed by atoms with E-state index in [9.17, 15) is 4.79 Å². The maximum atomic E-state index is 12.1. The number of nitrogens with two attached hydrogens (primary N) is 1. The molecule has 2 rings (SSSR count). The molecule has 2 aromatic rings. The summed E-state index contributed by atoms with van der Waals surface area (Å²) in [6.45, 7) is 3.84. The number of anilines is 3. The second-order valence-corrected chi connectivity index (χ2v) is 6.28. The number of hydrogen-bond donors (Lipinski definition) is 3. The molecule has 0 unspecified atom stereocenters. The van der Waals surface area contributed by atoms with Gasteiger partial charge in [-0.25, -0.2) is 4.98 Å². The van der Waals surface area contributed by atoms with Gasteiger partial charge in [-0.2, -0.15) is 5.26 Å². The van der Waals surface area contributed by atoms with E-state index in [0.717, 1.165) is 10.6 Å². The second kappa shape index (κ2) is 7.13. The van der Waals surface area contributed by atoms with Crippen LogP contribution in [0.4, 0.5) is 16.5 Å². The topological polar surface area (TPSA) is 104 Å². The lowest BCUT2D eigenvalue weighted by Gasteiger charge is -2.06. The highest BCUT2D eigenvalue weighted by Gasteiger charge is 2.11. The van der Waals surface area contributed by atoms with Gasteiger partial charge >= 0.3 is 0 Å². The van der Waals surface area contributed by atoms with Crippen molar-refractivity contribution in [3.8, 4) is 6.07 Å². The molecule has 0 fully saturated rings. The molecule has 23 heavy (non-hydrogen) atoms. The minimum atomic E-state index is -0.550. The van der Waals surface area contributed by atoms with Crippen LogP contribution >= 0.6 is 22.9 Å². The van der Waals surface area contributed by atoms with Crippen molar-refractivity contribution in [2.24, 2.45) is 0 Å². The number of hydrogen-bond acceptors (Lipinski definition) is 6. The Morgan fingerprint density at radius 1 is 1.48 bits per heavy atom. The Hall–Kier alpha value is -2.56. The second-order valence-electron chi connectivity index (χ2n) is 4.67. The number of carbonyl (C=O) groups excluding carboxylic acids is 1. The zero-order chi connectivity index (χ0) is 17.0. The summed E-state index contributed by atoms with van der Waals surface area (Å²) in [4.78, 5) is 17.4. The number of nitriles is 1. The summed E-state index contributed by atoms with van der Waals surface area (Å²) >= 11 is 7.34. The van der Waals surface area contributed by atoms with Gasteiger partial charge in [0.05, 0.1) is 16.4 Å². The molecule has 1 aromatic carbocycles. The van der Waals surface area contributed by atoms with E-state index in [1.165, 1.54) is 23.6 Å². The van der Waals surface area contributed by atoms with Gasteiger partial charge in [-0.15, -0.1) is 11.3 Å². The third-order valence-corrected chi connectivity index (χ3v) is 4.32. The lowest BCUT2D eigenvalue weighted by atomic mass is 10.2. The SMILES string of the molecule is Cc1nc(N/C=C(/C#N)C(=O)Nc2ccc(N)c(Cl)c2)sc1C. The normalized spacial score (nSPS) is 11.0. The van der Waals surface area contributed by atoms with Gasteiger partial charge in [0.25, 0.3) is 5.91 Å². The highest BCUT2D eigenvalue weighted by molar-refractivity contribution is 7.15. The predicted molar refractivity (Wildman–Crippen MR) is 93.4 cm³/mol. The molecule has 0 aliphatic heterocycles. The number of nitrogens with one attached hydrogen (secondary N) is 2. The van der Waals surface area contributed by atoms with E-state index in [-0.39, 0.29) is 5.57 Å². The maximum absolute atomic E-state index is 12.1. The smallest absolute Gasteiger partial charge is 0.267 e. The number of aromatic nitrogens is 1. The van der Waals surface area contributed by atoms with Gasteiger partial charge in [-0.1, -0.05) is 11.6 Å². The molecule has 0 aliphatic rings. The van der Waals surface area contributed by atoms with Crippen LogP contribution in [0.25, 0.3) is 0 Å². The van der Waals surface area contributed by atoms with Crippen LogP contribution in [0.15, 0.2) is 30.0 Å². The fourth-order valence-electron chi connectivity index (χ4n) is 1.62. The summed E-state index contributed by atoms with van der Waals surface area (Å²) in [6.07, 6.45) is 1.33. The van der Waals surface area contributed by atoms with Gasteiger partial charge in [0.2, 0.25) is 0 Å². The number of carbonyl (C=O) groups is 1. The van der Waals surface area contributed by atoms with E-state index in [2.05, 4.69) is 15.6 Å². The molecule has 0 radical (unpaired) electrons. The van der Waals surface area contributed by atoms with Crippen LogP contribution in [-0.4, -0.2) is 10.9 Å². The zero-order valence-corrected chi connectivity index (χ0v) is 14.0. The average molecular weight is 348 g/mol. The van der Waals surface area contributed by atoms with Crippen molar-refractivity contribution >= 4 is 45.4 Å². The minimum absolute atomic E-state index is 0.0801. The van der Waals surface area contributed by atoms with Gasteiger partial charge in [-0.05, 0) is 32.0 Å². The van der Waals surface area contributed by atoms with Crippen molar-refractivity contribution in [3.05, 3.63) is 45.6 Å². The molecule has 1 heterocycles. The molecular formula is C15H14ClN5OS. The van der Waals surface area contributed by atoms with Crippen LogP contribution in [0, 0.1) is 25.2 Å². The summed E-state index contributed by atoms with van der Waals surface area (Å²) < 4.78 is 0. The molecule has 118 valence electrons. The van der Waals surface area contributed by atoms with E-state index in [0.29, 0.717) is 21.5 Å². The Bertz CT molecular complexity index is 802. The van der Waals surface area contributed by atoms with Gasteiger partial charge in [0.1, 0.15) is 11.6 Å². The van der Waals surface area contributed by atoms with E-state index in [4.69, 9.17) is 22.6 Å². The summed E-state index contributed by atoms with van der Waals surface area (Å²) in [5.41, 5.74) is 7.30. The Kier molecular flexibility index (Phi) is 5.21. The molecule has 1 amide bonds. The standard InChI is InChI=1S/C15H14ClN5OS/c1-8-9(2)23-15(20-8)19-7-10(6-17)14(22)21-11-3-4-13(18)12(16)5-11/h3-5,7H,18H2,1-2H3,(H,19,20)(H,21,22)/b10-7-. The van der Waals surface area contributed by atoms with Gasteiger partial charge in [0, 0.05) is 16.8 Å². The third-order valence-electron chi connectivity index (χ3n) is 2.99. The number of benzene rings is 1. The van der Waals surface area contributed by atoms with Crippen LogP contribution < -0.4 is 16.4 Å². The number of rotatable bonds is 4. The fourth-order valence-corrected chi connectivity index (χ4v) is 2.58. The number of thiazole rings is 1. The summed E-state index contributed by atoms with van der Waals surface area (Å²) in [5.74, 6) is -0.550. The Morgan fingerprint density at radius 3 is 2.78 bits per heavy atom. The molecule has 8 heteroatoms. The molecular weight excluding hydrogens is 334 g/mol. The molecule has 0 atom stereocenters. The number of halogens is 1. The third kappa shape index (κ3) is 4.22. The minimum Gasteiger partial charge on any atom is -0.398 e. The molecule has 1 aromatic heterocycles. The van der Waals surface area contributed by atoms with Crippen LogP contribution in [0.2, 0.25) is 5.02 Å². The van der Waals surface area contributed by atoms with Gasteiger partial charge in [-0.3, -0.25) is 4.79 Å². The number of amides is 1. The number of aryl methyl sites for hydroxylation is 2. The molecule has 4 N–H and O–H groups in total. The van der Waals surface area contributed by atoms with Crippen molar-refractivity contribution in [2.45, 2.75) is 13.8 Å². The number of nitrogens with zero attached hydrogens (tertiary/aromatic N) is 2. The molecule has 0 bridgehead atoms. The molecule has 0 saturated carbocycles. The Morgan fingerprint density at radius 2 is 2.22 bits per heavy atom. The van der Waals surface area contributed by atoms with Crippen LogP contribution in [0.1, 0.15) is 10.6 Å². The fraction of sp³-hybridized carbons (Fsp3) is 0.133. The van der Waals surface area contributed by atoms with Crippen LogP contribution in [0.3, 0.4) is 0 Å². The van der Waals surface area contributed by atoms with Gasteiger partial charge in [0.15, 0.2) is 5.13 Å². The quantitative estimate of drug-likeness (QED) is 0.446. The van der Waals surface area contributed by atoms with E-state index in [1.807, 2.05) is 19.9 Å². The predicted octanol–water partition coefficient (Wildman–Crippen LogP) is 3.45. The summed E-state index contributed by atoms with van der Waals surface area (Å²) in [5, 5.41) is 15.5. The van der Waals surface area contributed by atoms with Crippen molar-refractivity contribution in [1.29, 1.82) is 5.26 Å². The van der Waals surface area contributed by atoms with Crippen molar-refractivity contribution in [2.75, 3.05) is 16.4 Å². The van der Waals surface area contributed by atoms with Gasteiger partial charge < -0.3 is 16.4 Å². The molecule has 0 spiro atoms. The van der Waals surface area contributed by atoms with E-state index >= 15 is 0 Å². The van der Waals surface area contributed by atoms with Crippen molar-refractivity contribution in [3.63, 3.8) is 0 Å². The highest BCUT2D eigenvalue weighted by atomic mass is 35.5. The Balaban J connectivity index is 2.10. The average Bonchev–Trinajstić information content (AvgIpc) is 2.82. The first kappa shape index (κ1) is 16.8. The molecule has 0 saturated heterocycles. The summed E-state index contributed by atoms with van der Waals surface area (Å²) in [6, 6.07) is 6.55. The monoisotopic (exact) mass is 347 g/mol. The first-order chi connectivity index (χ1) is 10.9. The zero-order valence-electron chi connectivity index (χ0n) is 12.5. The highest BCUT2D eigenvalue weighted by Crippen LogP contribution is 2.23. The van der Waals surface area contributed by atoms with Crippen molar-refractivity contribution in [1.82, 2.24) is 4.98 Å². The van der Waals surface area contributed by atoms with Crippen LogP contribution in [-0.2, 0) is 4.79 Å². The first-order valence-electron chi connectivity index (χ1n) is 6.58. The lowest BCUT2D eigenvalue weighted by Crippen LogP contribution is -2.14. The first-order valence-corrected chi connectivity index (χ1v) is 7.77. The van der Waals surface area contributed by atoms with E-state index in [1.54, 1.807) is 12.1 Å².